The normalized spacial score (nSPS) is 10.4. The number of benzene rings is 1. The summed E-state index contributed by atoms with van der Waals surface area (Å²) in [4.78, 5) is 4.20. The molecule has 16 heavy (non-hydrogen) atoms. The van der Waals surface area contributed by atoms with Gasteiger partial charge in [-0.2, -0.15) is 0 Å². The van der Waals surface area contributed by atoms with Crippen LogP contribution in [-0.2, 0) is 6.54 Å². The van der Waals surface area contributed by atoms with E-state index < -0.39 is 11.6 Å². The van der Waals surface area contributed by atoms with Crippen molar-refractivity contribution in [3.8, 4) is 0 Å². The number of hydrogen-bond acceptors (Lipinski definition) is 3. The van der Waals surface area contributed by atoms with E-state index in [1.807, 2.05) is 12.3 Å². The number of aryl methyl sites for hydroxylation is 1. The highest BCUT2D eigenvalue weighted by atomic mass is 32.1. The molecule has 1 N–H and O–H groups in total. The first kappa shape index (κ1) is 11.0. The Morgan fingerprint density at radius 3 is 2.56 bits per heavy atom. The van der Waals surface area contributed by atoms with Crippen LogP contribution in [0.2, 0.25) is 0 Å². The van der Waals surface area contributed by atoms with Gasteiger partial charge in [-0.15, -0.1) is 11.3 Å². The third-order valence-electron chi connectivity index (χ3n) is 2.05. The first-order chi connectivity index (χ1) is 7.66. The second-order valence-corrected chi connectivity index (χ2v) is 4.28. The van der Waals surface area contributed by atoms with Gasteiger partial charge < -0.3 is 5.32 Å². The molecule has 0 aliphatic carbocycles. The number of nitrogens with zero attached hydrogens (tertiary/aromatic N) is 1. The number of rotatable bonds is 3. The summed E-state index contributed by atoms with van der Waals surface area (Å²) in [5.41, 5.74) is 0.811. The van der Waals surface area contributed by atoms with Gasteiger partial charge in [0, 0.05) is 11.1 Å². The largest absolute Gasteiger partial charge is 0.374 e. The van der Waals surface area contributed by atoms with Gasteiger partial charge >= 0.3 is 0 Å². The van der Waals surface area contributed by atoms with E-state index in [-0.39, 0.29) is 5.69 Å². The molecule has 0 saturated heterocycles. The van der Waals surface area contributed by atoms with Crippen LogP contribution in [0, 0.1) is 18.6 Å². The summed E-state index contributed by atoms with van der Waals surface area (Å²) in [7, 11) is 0. The van der Waals surface area contributed by atoms with Crippen molar-refractivity contribution in [1.29, 1.82) is 0 Å². The average molecular weight is 240 g/mol. The Kier molecular flexibility index (Phi) is 3.14. The van der Waals surface area contributed by atoms with Crippen LogP contribution in [0.3, 0.4) is 0 Å². The minimum absolute atomic E-state index is 0.102. The first-order valence-electron chi connectivity index (χ1n) is 4.75. The van der Waals surface area contributed by atoms with Gasteiger partial charge in [0.1, 0.15) is 22.3 Å². The van der Waals surface area contributed by atoms with Crippen LogP contribution in [0.25, 0.3) is 0 Å². The molecule has 84 valence electrons. The SMILES string of the molecule is Cc1csc(CNc2c(F)cccc2F)n1. The maximum Gasteiger partial charge on any atom is 0.149 e. The lowest BCUT2D eigenvalue weighted by Gasteiger charge is -2.06. The molecule has 1 aromatic carbocycles. The molecule has 0 amide bonds. The van der Waals surface area contributed by atoms with E-state index in [0.717, 1.165) is 10.7 Å². The first-order valence-corrected chi connectivity index (χ1v) is 5.63. The van der Waals surface area contributed by atoms with E-state index in [1.165, 1.54) is 29.5 Å². The predicted octanol–water partition coefficient (Wildman–Crippen LogP) is 3.34. The molecule has 0 spiro atoms. The average Bonchev–Trinajstić information content (AvgIpc) is 2.63. The number of nitrogens with one attached hydrogen (secondary N) is 1. The fourth-order valence-electron chi connectivity index (χ4n) is 1.31. The van der Waals surface area contributed by atoms with Crippen LogP contribution in [-0.4, -0.2) is 4.98 Å². The van der Waals surface area contributed by atoms with E-state index in [1.54, 1.807) is 0 Å². The van der Waals surface area contributed by atoms with Crippen molar-refractivity contribution in [2.45, 2.75) is 13.5 Å². The van der Waals surface area contributed by atoms with Crippen molar-refractivity contribution in [3.05, 3.63) is 45.9 Å². The van der Waals surface area contributed by atoms with Crippen molar-refractivity contribution >= 4 is 17.0 Å². The third kappa shape index (κ3) is 2.36. The fourth-order valence-corrected chi connectivity index (χ4v) is 2.03. The molecule has 2 aromatic rings. The maximum absolute atomic E-state index is 13.2. The van der Waals surface area contributed by atoms with Gasteiger partial charge in [0.15, 0.2) is 0 Å². The van der Waals surface area contributed by atoms with E-state index in [2.05, 4.69) is 10.3 Å². The smallest absolute Gasteiger partial charge is 0.149 e. The Bertz CT molecular complexity index is 476. The number of hydrogen-bond donors (Lipinski definition) is 1. The van der Waals surface area contributed by atoms with E-state index in [0.29, 0.717) is 6.54 Å². The van der Waals surface area contributed by atoms with Crippen LogP contribution >= 0.6 is 11.3 Å². The summed E-state index contributed by atoms with van der Waals surface area (Å²) < 4.78 is 26.5. The Labute approximate surface area is 96.0 Å². The molecule has 1 aromatic heterocycles. The Morgan fingerprint density at radius 2 is 2.00 bits per heavy atom. The molecule has 0 atom stereocenters. The third-order valence-corrected chi connectivity index (χ3v) is 3.01. The number of halogens is 2. The van der Waals surface area contributed by atoms with Gasteiger partial charge in [-0.1, -0.05) is 6.07 Å². The molecule has 2 rings (SSSR count). The molecule has 0 saturated carbocycles. The lowest BCUT2D eigenvalue weighted by Crippen LogP contribution is -2.03. The van der Waals surface area contributed by atoms with Crippen molar-refractivity contribution in [2.24, 2.45) is 0 Å². The minimum atomic E-state index is -0.590. The minimum Gasteiger partial charge on any atom is -0.374 e. The van der Waals surface area contributed by atoms with Gasteiger partial charge in [-0.05, 0) is 19.1 Å². The van der Waals surface area contributed by atoms with Gasteiger partial charge in [0.05, 0.1) is 6.54 Å². The molecule has 0 radical (unpaired) electrons. The zero-order valence-corrected chi connectivity index (χ0v) is 9.44. The molecular formula is C11H10F2N2S. The van der Waals surface area contributed by atoms with Gasteiger partial charge in [0.25, 0.3) is 0 Å². The van der Waals surface area contributed by atoms with Crippen molar-refractivity contribution in [3.63, 3.8) is 0 Å². The van der Waals surface area contributed by atoms with Crippen LogP contribution in [0.4, 0.5) is 14.5 Å². The monoisotopic (exact) mass is 240 g/mol. The second kappa shape index (κ2) is 4.57. The van der Waals surface area contributed by atoms with Crippen molar-refractivity contribution < 1.29 is 8.78 Å². The summed E-state index contributed by atoms with van der Waals surface area (Å²) >= 11 is 1.46. The topological polar surface area (TPSA) is 24.9 Å². The van der Waals surface area contributed by atoms with Crippen LogP contribution < -0.4 is 5.32 Å². The van der Waals surface area contributed by atoms with E-state index in [9.17, 15) is 8.78 Å². The van der Waals surface area contributed by atoms with Crippen molar-refractivity contribution in [2.75, 3.05) is 5.32 Å². The Hall–Kier alpha value is -1.49. The number of thiazole rings is 1. The molecule has 0 aliphatic rings. The summed E-state index contributed by atoms with van der Waals surface area (Å²) in [5, 5.41) is 5.41. The maximum atomic E-state index is 13.2. The highest BCUT2D eigenvalue weighted by Gasteiger charge is 2.08. The zero-order chi connectivity index (χ0) is 11.5. The highest BCUT2D eigenvalue weighted by molar-refractivity contribution is 7.09. The molecular weight excluding hydrogens is 230 g/mol. The Morgan fingerprint density at radius 1 is 1.31 bits per heavy atom. The fraction of sp³-hybridized carbons (Fsp3) is 0.182. The van der Waals surface area contributed by atoms with Gasteiger partial charge in [-0.3, -0.25) is 0 Å². The van der Waals surface area contributed by atoms with Gasteiger partial charge in [-0.25, -0.2) is 13.8 Å². The van der Waals surface area contributed by atoms with Crippen LogP contribution in [0.1, 0.15) is 10.7 Å². The Balaban J connectivity index is 2.10. The molecule has 0 fully saturated rings. The molecule has 1 heterocycles. The number of para-hydroxylation sites is 1. The molecule has 0 bridgehead atoms. The summed E-state index contributed by atoms with van der Waals surface area (Å²) in [6, 6.07) is 3.78. The quantitative estimate of drug-likeness (QED) is 0.890. The predicted molar refractivity (Wildman–Crippen MR) is 60.5 cm³/mol. The standard InChI is InChI=1S/C11H10F2N2S/c1-7-6-16-10(15-7)5-14-11-8(12)3-2-4-9(11)13/h2-4,6,14H,5H2,1H3. The summed E-state index contributed by atoms with van der Waals surface area (Å²) in [6.45, 7) is 2.21. The lowest BCUT2D eigenvalue weighted by molar-refractivity contribution is 0.588. The second-order valence-electron chi connectivity index (χ2n) is 3.33. The molecule has 0 unspecified atom stereocenters. The van der Waals surface area contributed by atoms with E-state index >= 15 is 0 Å². The van der Waals surface area contributed by atoms with Crippen LogP contribution in [0.15, 0.2) is 23.6 Å². The molecule has 0 aliphatic heterocycles. The zero-order valence-electron chi connectivity index (χ0n) is 8.63. The molecule has 2 nitrogen and oxygen atoms in total. The summed E-state index contributed by atoms with van der Waals surface area (Å²) in [6.07, 6.45) is 0. The number of anilines is 1. The summed E-state index contributed by atoms with van der Waals surface area (Å²) in [5.74, 6) is -1.18. The van der Waals surface area contributed by atoms with E-state index in [4.69, 9.17) is 0 Å². The highest BCUT2D eigenvalue weighted by Crippen LogP contribution is 2.19. The molecule has 5 heteroatoms. The van der Waals surface area contributed by atoms with Crippen molar-refractivity contribution in [1.82, 2.24) is 4.98 Å². The van der Waals surface area contributed by atoms with Gasteiger partial charge in [0.2, 0.25) is 0 Å². The van der Waals surface area contributed by atoms with Crippen LogP contribution in [0.5, 0.6) is 0 Å². The number of aromatic nitrogens is 1. The lowest BCUT2D eigenvalue weighted by atomic mass is 10.3.